The van der Waals surface area contributed by atoms with Gasteiger partial charge in [0, 0.05) is 22.1 Å². The summed E-state index contributed by atoms with van der Waals surface area (Å²) in [7, 11) is 0. The van der Waals surface area contributed by atoms with Crippen LogP contribution in [0.25, 0.3) is 21.5 Å². The van der Waals surface area contributed by atoms with Gasteiger partial charge in [-0.2, -0.15) is 0 Å². The van der Waals surface area contributed by atoms with Crippen molar-refractivity contribution in [1.82, 2.24) is 0 Å². The van der Waals surface area contributed by atoms with Crippen molar-refractivity contribution in [3.63, 3.8) is 0 Å². The minimum absolute atomic E-state index is 0.347. The molecule has 0 radical (unpaired) electrons. The number of anilines is 2. The fourth-order valence-electron chi connectivity index (χ4n) is 2.97. The van der Waals surface area contributed by atoms with E-state index in [-0.39, 0.29) is 0 Å². The van der Waals surface area contributed by atoms with Gasteiger partial charge >= 0.3 is 5.97 Å². The van der Waals surface area contributed by atoms with E-state index in [1.165, 1.54) is 0 Å². The molecule has 4 nitrogen and oxygen atoms in total. The maximum absolute atomic E-state index is 12.7. The molecule has 4 aromatic rings. The Hall–Kier alpha value is -3.53. The van der Waals surface area contributed by atoms with E-state index < -0.39 is 5.97 Å². The number of nitrogens with two attached hydrogens (primary N) is 2. The molecule has 25 heavy (non-hydrogen) atoms. The molecular formula is C21H16N2O2. The summed E-state index contributed by atoms with van der Waals surface area (Å²) in [6, 6.07) is 22.3. The summed E-state index contributed by atoms with van der Waals surface area (Å²) in [6.45, 7) is 0. The Morgan fingerprint density at radius 2 is 1.36 bits per heavy atom. The van der Waals surface area contributed by atoms with Crippen molar-refractivity contribution in [2.45, 2.75) is 0 Å². The quantitative estimate of drug-likeness (QED) is 0.325. The monoisotopic (exact) mass is 328 g/mol. The molecule has 0 atom stereocenters. The van der Waals surface area contributed by atoms with Crippen molar-refractivity contribution in [2.24, 2.45) is 0 Å². The van der Waals surface area contributed by atoms with Crippen LogP contribution in [0, 0.1) is 0 Å². The van der Waals surface area contributed by atoms with Crippen LogP contribution in [0.15, 0.2) is 72.8 Å². The van der Waals surface area contributed by atoms with Crippen LogP contribution < -0.4 is 16.2 Å². The molecule has 122 valence electrons. The van der Waals surface area contributed by atoms with E-state index >= 15 is 0 Å². The summed E-state index contributed by atoms with van der Waals surface area (Å²) in [5, 5.41) is 3.55. The smallest absolute Gasteiger partial charge is 0.345 e. The summed E-state index contributed by atoms with van der Waals surface area (Å²) in [6.07, 6.45) is 0. The molecule has 4 N–H and O–H groups in total. The molecule has 0 aromatic heterocycles. The van der Waals surface area contributed by atoms with E-state index in [0.29, 0.717) is 22.7 Å². The van der Waals surface area contributed by atoms with E-state index in [1.54, 1.807) is 24.3 Å². The van der Waals surface area contributed by atoms with Gasteiger partial charge in [-0.05, 0) is 35.0 Å². The van der Waals surface area contributed by atoms with Crippen LogP contribution in [0.1, 0.15) is 10.4 Å². The van der Waals surface area contributed by atoms with Crippen molar-refractivity contribution in [2.75, 3.05) is 11.5 Å². The summed E-state index contributed by atoms with van der Waals surface area (Å²) >= 11 is 0. The number of benzene rings is 4. The largest absolute Gasteiger partial charge is 0.422 e. The van der Waals surface area contributed by atoms with Crippen LogP contribution in [0.3, 0.4) is 0 Å². The highest BCUT2D eigenvalue weighted by Crippen LogP contribution is 2.31. The Kier molecular flexibility index (Phi) is 3.51. The van der Waals surface area contributed by atoms with Gasteiger partial charge in [-0.15, -0.1) is 0 Å². The topological polar surface area (TPSA) is 78.3 Å². The lowest BCUT2D eigenvalue weighted by molar-refractivity contribution is 0.0738. The average molecular weight is 328 g/mol. The fraction of sp³-hybridized carbons (Fsp3) is 0. The van der Waals surface area contributed by atoms with Gasteiger partial charge in [-0.25, -0.2) is 4.79 Å². The minimum Gasteiger partial charge on any atom is -0.422 e. The zero-order valence-corrected chi connectivity index (χ0v) is 13.4. The van der Waals surface area contributed by atoms with Gasteiger partial charge < -0.3 is 16.2 Å². The number of fused-ring (bicyclic) bond motifs is 2. The van der Waals surface area contributed by atoms with Gasteiger partial charge in [-0.3, -0.25) is 0 Å². The molecule has 0 aliphatic carbocycles. The second kappa shape index (κ2) is 5.83. The normalized spacial score (nSPS) is 10.9. The van der Waals surface area contributed by atoms with E-state index in [1.807, 2.05) is 48.5 Å². The first-order valence-electron chi connectivity index (χ1n) is 7.91. The minimum atomic E-state index is -0.488. The fourth-order valence-corrected chi connectivity index (χ4v) is 2.97. The lowest BCUT2D eigenvalue weighted by atomic mass is 10.0. The number of rotatable bonds is 2. The maximum Gasteiger partial charge on any atom is 0.345 e. The summed E-state index contributed by atoms with van der Waals surface area (Å²) < 4.78 is 5.62. The van der Waals surface area contributed by atoms with Crippen molar-refractivity contribution < 1.29 is 9.53 Å². The molecular weight excluding hydrogens is 312 g/mol. The highest BCUT2D eigenvalue weighted by atomic mass is 16.5. The predicted molar refractivity (Wildman–Crippen MR) is 102 cm³/mol. The second-order valence-corrected chi connectivity index (χ2v) is 5.87. The lowest BCUT2D eigenvalue weighted by Crippen LogP contribution is -2.11. The van der Waals surface area contributed by atoms with Crippen LogP contribution in [0.4, 0.5) is 11.4 Å². The number of hydrogen-bond donors (Lipinski definition) is 2. The average Bonchev–Trinajstić information content (AvgIpc) is 2.63. The first kappa shape index (κ1) is 15.0. The van der Waals surface area contributed by atoms with Crippen LogP contribution >= 0.6 is 0 Å². The molecule has 0 aliphatic rings. The van der Waals surface area contributed by atoms with Crippen LogP contribution in [-0.2, 0) is 0 Å². The van der Waals surface area contributed by atoms with Crippen molar-refractivity contribution in [1.29, 1.82) is 0 Å². The van der Waals surface area contributed by atoms with E-state index in [2.05, 4.69) is 0 Å². The molecule has 4 heteroatoms. The second-order valence-electron chi connectivity index (χ2n) is 5.87. The molecule has 0 heterocycles. The van der Waals surface area contributed by atoms with Gasteiger partial charge in [0.25, 0.3) is 0 Å². The SMILES string of the molecule is Nc1cc2ccccc2cc1C(=O)Oc1ccc(N)c2ccccc12. The van der Waals surface area contributed by atoms with Crippen molar-refractivity contribution in [3.05, 3.63) is 78.4 Å². The van der Waals surface area contributed by atoms with E-state index in [0.717, 1.165) is 21.5 Å². The van der Waals surface area contributed by atoms with Gasteiger partial charge in [0.2, 0.25) is 0 Å². The molecule has 0 saturated carbocycles. The summed E-state index contributed by atoms with van der Waals surface area (Å²) in [5.74, 6) is -0.0273. The molecule has 0 spiro atoms. The zero-order chi connectivity index (χ0) is 17.4. The third-order valence-electron chi connectivity index (χ3n) is 4.26. The molecule has 4 rings (SSSR count). The summed E-state index contributed by atoms with van der Waals surface area (Å²) in [4.78, 5) is 12.7. The van der Waals surface area contributed by atoms with Crippen molar-refractivity contribution in [3.8, 4) is 5.75 Å². The number of nitrogen functional groups attached to an aromatic ring is 2. The molecule has 0 fully saturated rings. The van der Waals surface area contributed by atoms with E-state index in [9.17, 15) is 4.79 Å². The Morgan fingerprint density at radius 1 is 0.720 bits per heavy atom. The zero-order valence-electron chi connectivity index (χ0n) is 13.4. The Balaban J connectivity index is 1.76. The number of ether oxygens (including phenoxy) is 1. The molecule has 4 aromatic carbocycles. The molecule has 0 bridgehead atoms. The number of hydrogen-bond acceptors (Lipinski definition) is 4. The highest BCUT2D eigenvalue weighted by molar-refractivity contribution is 6.04. The number of carbonyl (C=O) groups is 1. The third-order valence-corrected chi connectivity index (χ3v) is 4.26. The predicted octanol–water partition coefficient (Wildman–Crippen LogP) is 4.38. The lowest BCUT2D eigenvalue weighted by Gasteiger charge is -2.11. The van der Waals surface area contributed by atoms with Gasteiger partial charge in [0.15, 0.2) is 0 Å². The number of carbonyl (C=O) groups excluding carboxylic acids is 1. The van der Waals surface area contributed by atoms with Crippen LogP contribution in [-0.4, -0.2) is 5.97 Å². The van der Waals surface area contributed by atoms with Crippen LogP contribution in [0.5, 0.6) is 5.75 Å². The molecule has 0 aliphatic heterocycles. The maximum atomic E-state index is 12.7. The van der Waals surface area contributed by atoms with Gasteiger partial charge in [0.1, 0.15) is 5.75 Å². The van der Waals surface area contributed by atoms with E-state index in [4.69, 9.17) is 16.2 Å². The first-order chi connectivity index (χ1) is 12.1. The van der Waals surface area contributed by atoms with Gasteiger partial charge in [-0.1, -0.05) is 48.5 Å². The van der Waals surface area contributed by atoms with Gasteiger partial charge in [0.05, 0.1) is 5.56 Å². The number of esters is 1. The molecule has 0 unspecified atom stereocenters. The van der Waals surface area contributed by atoms with Crippen molar-refractivity contribution >= 4 is 38.9 Å². The Morgan fingerprint density at radius 3 is 2.12 bits per heavy atom. The summed E-state index contributed by atoms with van der Waals surface area (Å²) in [5.41, 5.74) is 13.4. The standard InChI is InChI=1S/C21H16N2O2/c22-18-9-10-20(16-8-4-3-7-15(16)18)25-21(24)17-11-13-5-1-2-6-14(13)12-19(17)23/h1-12H,22-23H2. The Bertz CT molecular complexity index is 1120. The molecule has 0 saturated heterocycles. The first-order valence-corrected chi connectivity index (χ1v) is 7.91. The molecule has 0 amide bonds. The van der Waals surface area contributed by atoms with Crippen LogP contribution in [0.2, 0.25) is 0 Å². The highest BCUT2D eigenvalue weighted by Gasteiger charge is 2.15. The third kappa shape index (κ3) is 2.64. The Labute approximate surface area is 144 Å².